The molecule has 1 heteroatoms. The molecule has 14 heavy (non-hydrogen) atoms. The zero-order valence-corrected chi connectivity index (χ0v) is 9.80. The molecule has 1 rings (SSSR count). The molecule has 0 heterocycles. The Hall–Kier alpha value is -0.560. The van der Waals surface area contributed by atoms with Crippen LogP contribution in [0.2, 0.25) is 0 Å². The first-order chi connectivity index (χ1) is 6.43. The standard InChI is InChI=1S/C13H22O/c1-10-6-5-9-13(3,4)12(10)8-7-11(2)14/h6,8,11,14H,5,7,9H2,1-4H3. The second-order valence-electron chi connectivity index (χ2n) is 5.01. The van der Waals surface area contributed by atoms with Crippen LogP contribution in [0.5, 0.6) is 0 Å². The number of aliphatic hydroxyl groups excluding tert-OH is 1. The molecule has 0 aliphatic heterocycles. The molecule has 1 aliphatic carbocycles. The minimum atomic E-state index is -0.229. The second kappa shape index (κ2) is 4.31. The molecule has 80 valence electrons. The van der Waals surface area contributed by atoms with E-state index in [0.717, 1.165) is 6.42 Å². The Labute approximate surface area is 87.5 Å². The highest BCUT2D eigenvalue weighted by Crippen LogP contribution is 2.40. The third-order valence-electron chi connectivity index (χ3n) is 3.04. The summed E-state index contributed by atoms with van der Waals surface area (Å²) in [4.78, 5) is 0. The lowest BCUT2D eigenvalue weighted by atomic mass is 9.73. The number of hydrogen-bond donors (Lipinski definition) is 1. The molecule has 0 aromatic heterocycles. The Kier molecular flexibility index (Phi) is 3.54. The fraction of sp³-hybridized carbons (Fsp3) is 0.692. The molecule has 0 fully saturated rings. The van der Waals surface area contributed by atoms with Crippen LogP contribution in [-0.2, 0) is 0 Å². The largest absolute Gasteiger partial charge is 0.393 e. The van der Waals surface area contributed by atoms with E-state index in [4.69, 9.17) is 0 Å². The van der Waals surface area contributed by atoms with E-state index < -0.39 is 0 Å². The number of hydrogen-bond acceptors (Lipinski definition) is 1. The van der Waals surface area contributed by atoms with Crippen molar-refractivity contribution in [3.05, 3.63) is 23.3 Å². The molecule has 0 spiro atoms. The summed E-state index contributed by atoms with van der Waals surface area (Å²) in [6.45, 7) is 8.59. The van der Waals surface area contributed by atoms with E-state index in [-0.39, 0.29) is 11.5 Å². The monoisotopic (exact) mass is 194 g/mol. The Morgan fingerprint density at radius 3 is 2.71 bits per heavy atom. The molecule has 1 unspecified atom stereocenters. The highest BCUT2D eigenvalue weighted by molar-refractivity contribution is 5.36. The van der Waals surface area contributed by atoms with Crippen molar-refractivity contribution < 1.29 is 5.11 Å². The lowest BCUT2D eigenvalue weighted by Gasteiger charge is -2.32. The van der Waals surface area contributed by atoms with E-state index in [1.807, 2.05) is 6.92 Å². The molecule has 0 saturated carbocycles. The van der Waals surface area contributed by atoms with Gasteiger partial charge in [-0.2, -0.15) is 0 Å². The van der Waals surface area contributed by atoms with Crippen LogP contribution >= 0.6 is 0 Å². The molecule has 1 aliphatic rings. The fourth-order valence-electron chi connectivity index (χ4n) is 2.15. The summed E-state index contributed by atoms with van der Waals surface area (Å²) in [5.74, 6) is 0. The molecule has 1 nitrogen and oxygen atoms in total. The first-order valence-electron chi connectivity index (χ1n) is 5.49. The van der Waals surface area contributed by atoms with Gasteiger partial charge in [0.25, 0.3) is 0 Å². The van der Waals surface area contributed by atoms with Crippen molar-refractivity contribution in [1.29, 1.82) is 0 Å². The summed E-state index contributed by atoms with van der Waals surface area (Å²) in [5.41, 5.74) is 3.10. The molecular weight excluding hydrogens is 172 g/mol. The van der Waals surface area contributed by atoms with Crippen molar-refractivity contribution in [2.45, 2.75) is 53.1 Å². The predicted molar refractivity (Wildman–Crippen MR) is 61.2 cm³/mol. The van der Waals surface area contributed by atoms with Crippen molar-refractivity contribution in [2.75, 3.05) is 0 Å². The average molecular weight is 194 g/mol. The molecular formula is C13H22O. The number of rotatable bonds is 2. The summed E-state index contributed by atoms with van der Waals surface area (Å²) >= 11 is 0. The fourth-order valence-corrected chi connectivity index (χ4v) is 2.15. The topological polar surface area (TPSA) is 20.2 Å². The summed E-state index contributed by atoms with van der Waals surface area (Å²) in [6.07, 6.45) is 7.45. The summed E-state index contributed by atoms with van der Waals surface area (Å²) < 4.78 is 0. The molecule has 0 bridgehead atoms. The lowest BCUT2D eigenvalue weighted by molar-refractivity contribution is 0.197. The van der Waals surface area contributed by atoms with Gasteiger partial charge in [0.15, 0.2) is 0 Å². The summed E-state index contributed by atoms with van der Waals surface area (Å²) in [6, 6.07) is 0. The van der Waals surface area contributed by atoms with Gasteiger partial charge in [0.1, 0.15) is 0 Å². The van der Waals surface area contributed by atoms with Crippen molar-refractivity contribution in [3.63, 3.8) is 0 Å². The maximum absolute atomic E-state index is 9.28. The van der Waals surface area contributed by atoms with Gasteiger partial charge in [0, 0.05) is 0 Å². The molecule has 0 aromatic rings. The highest BCUT2D eigenvalue weighted by Gasteiger charge is 2.26. The summed E-state index contributed by atoms with van der Waals surface area (Å²) in [7, 11) is 0. The van der Waals surface area contributed by atoms with E-state index in [1.54, 1.807) is 0 Å². The van der Waals surface area contributed by atoms with Gasteiger partial charge in [-0.05, 0) is 44.1 Å². The number of allylic oxidation sites excluding steroid dienone is 3. The van der Waals surface area contributed by atoms with Crippen molar-refractivity contribution in [2.24, 2.45) is 5.41 Å². The maximum Gasteiger partial charge on any atom is 0.0546 e. The average Bonchev–Trinajstić information content (AvgIpc) is 2.01. The molecule has 0 amide bonds. The predicted octanol–water partition coefficient (Wildman–Crippen LogP) is 3.45. The van der Waals surface area contributed by atoms with Gasteiger partial charge in [-0.3, -0.25) is 0 Å². The zero-order chi connectivity index (χ0) is 10.8. The molecule has 1 N–H and O–H groups in total. The van der Waals surface area contributed by atoms with Crippen LogP contribution in [0.1, 0.15) is 47.0 Å². The minimum absolute atomic E-state index is 0.229. The van der Waals surface area contributed by atoms with E-state index in [0.29, 0.717) is 0 Å². The molecule has 1 atom stereocenters. The normalized spacial score (nSPS) is 26.1. The van der Waals surface area contributed by atoms with Crippen LogP contribution in [0.4, 0.5) is 0 Å². The minimum Gasteiger partial charge on any atom is -0.393 e. The van der Waals surface area contributed by atoms with Crippen LogP contribution in [0.3, 0.4) is 0 Å². The van der Waals surface area contributed by atoms with E-state index in [9.17, 15) is 5.11 Å². The van der Waals surface area contributed by atoms with Crippen molar-refractivity contribution >= 4 is 0 Å². The van der Waals surface area contributed by atoms with E-state index in [1.165, 1.54) is 24.0 Å². The lowest BCUT2D eigenvalue weighted by Crippen LogP contribution is -2.19. The number of aliphatic hydroxyl groups is 1. The molecule has 0 saturated heterocycles. The smallest absolute Gasteiger partial charge is 0.0546 e. The van der Waals surface area contributed by atoms with Gasteiger partial charge < -0.3 is 5.11 Å². The Morgan fingerprint density at radius 2 is 2.21 bits per heavy atom. The Morgan fingerprint density at radius 1 is 1.57 bits per heavy atom. The van der Waals surface area contributed by atoms with Crippen LogP contribution in [0, 0.1) is 5.41 Å². The van der Waals surface area contributed by atoms with E-state index in [2.05, 4.69) is 32.9 Å². The first kappa shape index (κ1) is 11.5. The third kappa shape index (κ3) is 2.71. The third-order valence-corrected chi connectivity index (χ3v) is 3.04. The maximum atomic E-state index is 9.28. The zero-order valence-electron chi connectivity index (χ0n) is 9.80. The molecule has 0 radical (unpaired) electrons. The highest BCUT2D eigenvalue weighted by atomic mass is 16.3. The van der Waals surface area contributed by atoms with Crippen molar-refractivity contribution in [1.82, 2.24) is 0 Å². The van der Waals surface area contributed by atoms with E-state index >= 15 is 0 Å². The van der Waals surface area contributed by atoms with Gasteiger partial charge in [-0.1, -0.05) is 31.6 Å². The van der Waals surface area contributed by atoms with Gasteiger partial charge in [0.05, 0.1) is 6.10 Å². The first-order valence-corrected chi connectivity index (χ1v) is 5.49. The van der Waals surface area contributed by atoms with Gasteiger partial charge in [0.2, 0.25) is 0 Å². The quantitative estimate of drug-likeness (QED) is 0.714. The SMILES string of the molecule is CC1=CCCC(C)(C)C1=CCC(C)O. The van der Waals surface area contributed by atoms with Crippen LogP contribution in [-0.4, -0.2) is 11.2 Å². The van der Waals surface area contributed by atoms with Gasteiger partial charge >= 0.3 is 0 Å². The Bertz CT molecular complexity index is 256. The van der Waals surface area contributed by atoms with Crippen molar-refractivity contribution in [3.8, 4) is 0 Å². The van der Waals surface area contributed by atoms with Crippen LogP contribution in [0.15, 0.2) is 23.3 Å². The molecule has 0 aromatic carbocycles. The van der Waals surface area contributed by atoms with Crippen LogP contribution < -0.4 is 0 Å². The van der Waals surface area contributed by atoms with Gasteiger partial charge in [-0.15, -0.1) is 0 Å². The summed E-state index contributed by atoms with van der Waals surface area (Å²) in [5, 5.41) is 9.28. The Balaban J connectivity index is 2.85. The second-order valence-corrected chi connectivity index (χ2v) is 5.01. The van der Waals surface area contributed by atoms with Crippen LogP contribution in [0.25, 0.3) is 0 Å². The van der Waals surface area contributed by atoms with Gasteiger partial charge in [-0.25, -0.2) is 0 Å².